The topological polar surface area (TPSA) is 97.8 Å². The van der Waals surface area contributed by atoms with E-state index in [-0.39, 0.29) is 0 Å². The van der Waals surface area contributed by atoms with Crippen molar-refractivity contribution in [3.63, 3.8) is 0 Å². The van der Waals surface area contributed by atoms with Gasteiger partial charge in [0.1, 0.15) is 0 Å². The molecule has 0 atom stereocenters. The van der Waals surface area contributed by atoms with Crippen molar-refractivity contribution in [2.75, 3.05) is 0 Å². The van der Waals surface area contributed by atoms with Crippen molar-refractivity contribution in [2.45, 2.75) is 0 Å². The predicted molar refractivity (Wildman–Crippen MR) is 42.4 cm³/mol. The van der Waals surface area contributed by atoms with E-state index in [0.717, 1.165) is 0 Å². The second kappa shape index (κ2) is 9.34. The summed E-state index contributed by atoms with van der Waals surface area (Å²) in [6.45, 7) is 0. The van der Waals surface area contributed by atoms with E-state index in [4.69, 9.17) is 10.5 Å². The highest BCUT2D eigenvalue weighted by Gasteiger charge is 1.56. The Hall–Kier alpha value is -1.66. The van der Waals surface area contributed by atoms with Gasteiger partial charge in [-0.05, 0) is 0 Å². The molecular weight excluding hydrogens is 160 g/mol. The third-order valence-corrected chi connectivity index (χ3v) is 0.812. The molecule has 0 aliphatic rings. The van der Waals surface area contributed by atoms with E-state index in [1.165, 1.54) is 0 Å². The normalized spacial score (nSPS) is 7.17. The van der Waals surface area contributed by atoms with E-state index >= 15 is 0 Å². The van der Waals surface area contributed by atoms with E-state index in [9.17, 15) is 0 Å². The Morgan fingerprint density at radius 1 is 0.833 bits per heavy atom. The van der Waals surface area contributed by atoms with Gasteiger partial charge in [0.05, 0.1) is 12.7 Å². The van der Waals surface area contributed by atoms with Crippen LogP contribution in [0.5, 0.6) is 0 Å². The smallest absolute Gasteiger partial charge is 0.0919 e. The third-order valence-electron chi connectivity index (χ3n) is 0.812. The van der Waals surface area contributed by atoms with Crippen LogP contribution < -0.4 is 0 Å². The van der Waals surface area contributed by atoms with Crippen LogP contribution in [0.15, 0.2) is 37.4 Å². The Morgan fingerprint density at radius 3 is 1.33 bits per heavy atom. The Bertz CT molecular complexity index is 157. The monoisotopic (exact) mass is 170 g/mol. The van der Waals surface area contributed by atoms with Crippen molar-refractivity contribution in [1.82, 2.24) is 19.9 Å². The molecule has 2 aromatic heterocycles. The van der Waals surface area contributed by atoms with E-state index in [1.807, 2.05) is 0 Å². The van der Waals surface area contributed by atoms with Gasteiger partial charge in [-0.3, -0.25) is 10.5 Å². The molecule has 0 aromatic carbocycles. The average Bonchev–Trinajstić information content (AvgIpc) is 2.87. The summed E-state index contributed by atoms with van der Waals surface area (Å²) >= 11 is 0. The molecule has 0 amide bonds. The summed E-state index contributed by atoms with van der Waals surface area (Å²) in [5, 5.41) is 12.0. The zero-order valence-electron chi connectivity index (χ0n) is 6.25. The molecule has 6 nitrogen and oxygen atoms in total. The first-order valence-corrected chi connectivity index (χ1v) is 3.05. The standard InChI is InChI=1S/2C3H4N2.H2O2/c2*1-2-5-3-4-1;1-2/h2*1-3H,(H,4,5);1-2H. The number of hydrogen-bond acceptors (Lipinski definition) is 4. The Labute approximate surface area is 68.9 Å². The molecule has 0 aliphatic carbocycles. The van der Waals surface area contributed by atoms with Crippen molar-refractivity contribution in [1.29, 1.82) is 0 Å². The average molecular weight is 170 g/mol. The van der Waals surface area contributed by atoms with Gasteiger partial charge in [-0.1, -0.05) is 0 Å². The molecule has 0 unspecified atom stereocenters. The van der Waals surface area contributed by atoms with Gasteiger partial charge in [0.25, 0.3) is 0 Å². The molecule has 0 radical (unpaired) electrons. The van der Waals surface area contributed by atoms with E-state index < -0.39 is 0 Å². The maximum atomic E-state index is 6.00. The Balaban J connectivity index is 0.000000168. The van der Waals surface area contributed by atoms with Crippen molar-refractivity contribution in [3.05, 3.63) is 37.4 Å². The maximum Gasteiger partial charge on any atom is 0.0919 e. The van der Waals surface area contributed by atoms with Gasteiger partial charge < -0.3 is 9.97 Å². The molecule has 2 rings (SSSR count). The van der Waals surface area contributed by atoms with Gasteiger partial charge >= 0.3 is 0 Å². The first-order valence-electron chi connectivity index (χ1n) is 3.05. The molecule has 0 aliphatic heterocycles. The molecular formula is C6H10N4O2. The fraction of sp³-hybridized carbons (Fsp3) is 0. The number of rotatable bonds is 0. The van der Waals surface area contributed by atoms with Gasteiger partial charge in [-0.2, -0.15) is 0 Å². The van der Waals surface area contributed by atoms with Crippen LogP contribution in [0.4, 0.5) is 0 Å². The van der Waals surface area contributed by atoms with Crippen molar-refractivity contribution in [3.8, 4) is 0 Å². The Morgan fingerprint density at radius 2 is 1.25 bits per heavy atom. The summed E-state index contributed by atoms with van der Waals surface area (Å²) in [4.78, 5) is 12.8. The highest BCUT2D eigenvalue weighted by molar-refractivity contribution is 4.65. The van der Waals surface area contributed by atoms with E-state index in [2.05, 4.69) is 19.9 Å². The summed E-state index contributed by atoms with van der Waals surface area (Å²) < 4.78 is 0. The SMILES string of the molecule is OO.c1c[nH]cn1.c1c[nH]cn1. The lowest BCUT2D eigenvalue weighted by molar-refractivity contribution is -0.176. The van der Waals surface area contributed by atoms with Crippen LogP contribution in [-0.2, 0) is 0 Å². The van der Waals surface area contributed by atoms with Crippen molar-refractivity contribution < 1.29 is 10.5 Å². The minimum Gasteiger partial charge on any atom is -0.351 e. The molecule has 2 aromatic rings. The molecule has 0 bridgehead atoms. The van der Waals surface area contributed by atoms with Gasteiger partial charge in [-0.15, -0.1) is 0 Å². The van der Waals surface area contributed by atoms with Crippen LogP contribution in [0.1, 0.15) is 0 Å². The molecule has 0 spiro atoms. The molecule has 6 heteroatoms. The van der Waals surface area contributed by atoms with Crippen LogP contribution in [0.3, 0.4) is 0 Å². The summed E-state index contributed by atoms with van der Waals surface area (Å²) in [5.41, 5.74) is 0. The zero-order chi connectivity index (χ0) is 9.07. The van der Waals surface area contributed by atoms with Gasteiger partial charge in [0, 0.05) is 24.8 Å². The lowest BCUT2D eigenvalue weighted by atomic mass is 11.0. The molecule has 2 heterocycles. The quantitative estimate of drug-likeness (QED) is 0.348. The largest absolute Gasteiger partial charge is 0.351 e. The number of aromatic amines is 2. The lowest BCUT2D eigenvalue weighted by Crippen LogP contribution is -1.44. The molecule has 4 N–H and O–H groups in total. The van der Waals surface area contributed by atoms with Gasteiger partial charge in [0.2, 0.25) is 0 Å². The second-order valence-electron chi connectivity index (χ2n) is 1.52. The lowest BCUT2D eigenvalue weighted by Gasteiger charge is -1.46. The maximum absolute atomic E-state index is 6.00. The van der Waals surface area contributed by atoms with E-state index in [1.54, 1.807) is 37.4 Å². The summed E-state index contributed by atoms with van der Waals surface area (Å²) in [6.07, 6.45) is 10.2. The fourth-order valence-corrected chi connectivity index (χ4v) is 0.430. The fourth-order valence-electron chi connectivity index (χ4n) is 0.430. The van der Waals surface area contributed by atoms with Gasteiger partial charge in [0.15, 0.2) is 0 Å². The number of imidazole rings is 2. The molecule has 66 valence electrons. The summed E-state index contributed by atoms with van der Waals surface area (Å²) in [7, 11) is 0. The zero-order valence-corrected chi connectivity index (χ0v) is 6.25. The number of nitrogens with one attached hydrogen (secondary N) is 2. The molecule has 0 saturated carbocycles. The van der Waals surface area contributed by atoms with E-state index in [0.29, 0.717) is 0 Å². The molecule has 12 heavy (non-hydrogen) atoms. The number of aromatic nitrogens is 4. The van der Waals surface area contributed by atoms with Crippen LogP contribution in [0.2, 0.25) is 0 Å². The first-order chi connectivity index (χ1) is 6.00. The minimum absolute atomic E-state index is 1.62. The predicted octanol–water partition coefficient (Wildman–Crippen LogP) is 0.837. The van der Waals surface area contributed by atoms with Crippen LogP contribution in [0.25, 0.3) is 0 Å². The van der Waals surface area contributed by atoms with Gasteiger partial charge in [-0.25, -0.2) is 9.97 Å². The number of hydrogen-bond donors (Lipinski definition) is 4. The van der Waals surface area contributed by atoms with Crippen molar-refractivity contribution >= 4 is 0 Å². The second-order valence-corrected chi connectivity index (χ2v) is 1.52. The third kappa shape index (κ3) is 6.46. The molecule has 0 saturated heterocycles. The van der Waals surface area contributed by atoms with Crippen LogP contribution in [-0.4, -0.2) is 30.5 Å². The summed E-state index contributed by atoms with van der Waals surface area (Å²) in [6, 6.07) is 0. The first kappa shape index (κ1) is 10.3. The van der Waals surface area contributed by atoms with Crippen LogP contribution >= 0.6 is 0 Å². The van der Waals surface area contributed by atoms with Crippen molar-refractivity contribution in [2.24, 2.45) is 0 Å². The molecule has 0 fully saturated rings. The summed E-state index contributed by atoms with van der Waals surface area (Å²) in [5.74, 6) is 0. The highest BCUT2D eigenvalue weighted by Crippen LogP contribution is 1.63. The number of nitrogens with zero attached hydrogens (tertiary/aromatic N) is 2. The minimum atomic E-state index is 1.62. The highest BCUT2D eigenvalue weighted by atomic mass is 17.0. The number of H-pyrrole nitrogens is 2. The Kier molecular flexibility index (Phi) is 8.05. The van der Waals surface area contributed by atoms with Crippen LogP contribution in [0, 0.1) is 0 Å².